The van der Waals surface area contributed by atoms with Crippen molar-refractivity contribution in [2.45, 2.75) is 19.5 Å². The van der Waals surface area contributed by atoms with Gasteiger partial charge < -0.3 is 5.32 Å². The second-order valence-electron chi connectivity index (χ2n) is 5.32. The molecule has 21 heavy (non-hydrogen) atoms. The number of hydrogen-bond acceptors (Lipinski definition) is 3. The average molecular weight is 295 g/mol. The van der Waals surface area contributed by atoms with Gasteiger partial charge in [0.15, 0.2) is 0 Å². The van der Waals surface area contributed by atoms with Crippen LogP contribution in [0, 0.1) is 0 Å². The number of rotatable bonds is 3. The molecule has 4 rings (SSSR count). The molecule has 1 aliphatic rings. The maximum Gasteiger partial charge on any atom is 0.107 e. The van der Waals surface area contributed by atoms with Crippen LogP contribution in [0.5, 0.6) is 0 Å². The molecule has 0 atom stereocenters. The first kappa shape index (κ1) is 12.8. The van der Waals surface area contributed by atoms with Gasteiger partial charge in [0.25, 0.3) is 0 Å². The van der Waals surface area contributed by atoms with Crippen LogP contribution >= 0.6 is 11.3 Å². The van der Waals surface area contributed by atoms with Crippen LogP contribution in [0.15, 0.2) is 47.8 Å². The number of aromatic nitrogens is 2. The molecule has 1 aliphatic heterocycles. The SMILES string of the molecule is c1ccc(Cn2nc(-c3cccs3)c3c2CCNC3)cc1. The van der Waals surface area contributed by atoms with Crippen LogP contribution in [0.3, 0.4) is 0 Å². The zero-order valence-corrected chi connectivity index (χ0v) is 12.6. The Hall–Kier alpha value is -1.91. The number of benzene rings is 1. The van der Waals surface area contributed by atoms with Crippen molar-refractivity contribution in [2.24, 2.45) is 0 Å². The van der Waals surface area contributed by atoms with E-state index in [4.69, 9.17) is 5.10 Å². The van der Waals surface area contributed by atoms with Gasteiger partial charge >= 0.3 is 0 Å². The molecule has 0 saturated heterocycles. The number of fused-ring (bicyclic) bond motifs is 1. The molecular formula is C17H17N3S. The second kappa shape index (κ2) is 5.47. The van der Waals surface area contributed by atoms with Crippen LogP contribution in [0.2, 0.25) is 0 Å². The van der Waals surface area contributed by atoms with E-state index in [1.807, 2.05) is 0 Å². The van der Waals surface area contributed by atoms with Crippen LogP contribution in [0.4, 0.5) is 0 Å². The first-order valence-corrected chi connectivity index (χ1v) is 8.17. The van der Waals surface area contributed by atoms with Gasteiger partial charge in [-0.3, -0.25) is 4.68 Å². The number of hydrogen-bond donors (Lipinski definition) is 1. The largest absolute Gasteiger partial charge is 0.312 e. The summed E-state index contributed by atoms with van der Waals surface area (Å²) in [6.45, 7) is 2.82. The van der Waals surface area contributed by atoms with Gasteiger partial charge in [-0.1, -0.05) is 36.4 Å². The molecule has 0 spiro atoms. The van der Waals surface area contributed by atoms with Gasteiger partial charge in [0.2, 0.25) is 0 Å². The summed E-state index contributed by atoms with van der Waals surface area (Å²) in [5, 5.41) is 10.5. The lowest BCUT2D eigenvalue weighted by atomic mass is 10.1. The van der Waals surface area contributed by atoms with Gasteiger partial charge in [0, 0.05) is 30.8 Å². The highest BCUT2D eigenvalue weighted by atomic mass is 32.1. The van der Waals surface area contributed by atoms with Crippen molar-refractivity contribution in [1.82, 2.24) is 15.1 Å². The van der Waals surface area contributed by atoms with E-state index in [-0.39, 0.29) is 0 Å². The Morgan fingerprint density at radius 2 is 2.05 bits per heavy atom. The van der Waals surface area contributed by atoms with E-state index in [0.29, 0.717) is 0 Å². The first-order chi connectivity index (χ1) is 10.4. The summed E-state index contributed by atoms with van der Waals surface area (Å²) in [6, 6.07) is 14.8. The van der Waals surface area contributed by atoms with Crippen LogP contribution in [0.25, 0.3) is 10.6 Å². The van der Waals surface area contributed by atoms with Gasteiger partial charge in [0.1, 0.15) is 5.69 Å². The van der Waals surface area contributed by atoms with Crippen molar-refractivity contribution >= 4 is 11.3 Å². The van der Waals surface area contributed by atoms with E-state index >= 15 is 0 Å². The average Bonchev–Trinajstić information content (AvgIpc) is 3.17. The van der Waals surface area contributed by atoms with E-state index in [2.05, 4.69) is 57.8 Å². The lowest BCUT2D eigenvalue weighted by molar-refractivity contribution is 0.582. The summed E-state index contributed by atoms with van der Waals surface area (Å²) in [4.78, 5) is 1.27. The predicted molar refractivity (Wildman–Crippen MR) is 86.5 cm³/mol. The van der Waals surface area contributed by atoms with Crippen molar-refractivity contribution in [3.05, 3.63) is 64.7 Å². The Bertz CT molecular complexity index is 729. The maximum absolute atomic E-state index is 4.92. The number of nitrogens with zero attached hydrogens (tertiary/aromatic N) is 2. The van der Waals surface area contributed by atoms with E-state index in [0.717, 1.165) is 31.7 Å². The summed E-state index contributed by atoms with van der Waals surface area (Å²) in [5.74, 6) is 0. The van der Waals surface area contributed by atoms with E-state index < -0.39 is 0 Å². The fourth-order valence-electron chi connectivity index (χ4n) is 2.92. The van der Waals surface area contributed by atoms with Gasteiger partial charge in [-0.25, -0.2) is 0 Å². The third kappa shape index (κ3) is 2.41. The molecule has 0 fully saturated rings. The van der Waals surface area contributed by atoms with Crippen molar-refractivity contribution in [2.75, 3.05) is 6.54 Å². The van der Waals surface area contributed by atoms with Crippen LogP contribution in [-0.2, 0) is 19.5 Å². The molecule has 106 valence electrons. The summed E-state index contributed by atoms with van der Waals surface area (Å²) < 4.78 is 2.19. The zero-order chi connectivity index (χ0) is 14.1. The van der Waals surface area contributed by atoms with Crippen LogP contribution < -0.4 is 5.32 Å². The molecule has 1 aromatic carbocycles. The molecule has 4 heteroatoms. The first-order valence-electron chi connectivity index (χ1n) is 7.29. The van der Waals surface area contributed by atoms with Gasteiger partial charge in [-0.15, -0.1) is 11.3 Å². The van der Waals surface area contributed by atoms with Crippen LogP contribution in [-0.4, -0.2) is 16.3 Å². The summed E-state index contributed by atoms with van der Waals surface area (Å²) in [6.07, 6.45) is 1.06. The van der Waals surface area contributed by atoms with Crippen molar-refractivity contribution < 1.29 is 0 Å². The minimum Gasteiger partial charge on any atom is -0.312 e. The number of thiophene rings is 1. The smallest absolute Gasteiger partial charge is 0.107 e. The highest BCUT2D eigenvalue weighted by Gasteiger charge is 2.21. The summed E-state index contributed by atoms with van der Waals surface area (Å²) in [5.41, 5.74) is 5.22. The molecular weight excluding hydrogens is 278 g/mol. The van der Waals surface area contributed by atoms with Crippen molar-refractivity contribution in [1.29, 1.82) is 0 Å². The standard InChI is InChI=1S/C17H17N3S/c1-2-5-13(6-3-1)12-20-15-8-9-18-11-14(15)17(19-20)16-7-4-10-21-16/h1-7,10,18H,8-9,11-12H2. The molecule has 0 unspecified atom stereocenters. The highest BCUT2D eigenvalue weighted by Crippen LogP contribution is 2.31. The monoisotopic (exact) mass is 295 g/mol. The third-order valence-electron chi connectivity index (χ3n) is 3.94. The van der Waals surface area contributed by atoms with Gasteiger partial charge in [-0.2, -0.15) is 5.10 Å². The highest BCUT2D eigenvalue weighted by molar-refractivity contribution is 7.13. The van der Waals surface area contributed by atoms with Gasteiger partial charge in [0.05, 0.1) is 11.4 Å². The normalized spacial score (nSPS) is 14.1. The predicted octanol–water partition coefficient (Wildman–Crippen LogP) is 3.31. The fourth-order valence-corrected chi connectivity index (χ4v) is 3.65. The zero-order valence-electron chi connectivity index (χ0n) is 11.7. The third-order valence-corrected chi connectivity index (χ3v) is 4.81. The molecule has 3 heterocycles. The Balaban J connectivity index is 1.77. The van der Waals surface area contributed by atoms with Gasteiger partial charge in [-0.05, 0) is 17.0 Å². The summed E-state index contributed by atoms with van der Waals surface area (Å²) >= 11 is 1.76. The molecule has 3 nitrogen and oxygen atoms in total. The molecule has 3 aromatic rings. The quantitative estimate of drug-likeness (QED) is 0.803. The Kier molecular flexibility index (Phi) is 3.33. The number of nitrogens with one attached hydrogen (secondary N) is 1. The molecule has 1 N–H and O–H groups in total. The minimum absolute atomic E-state index is 0.856. The molecule has 0 amide bonds. The lowest BCUT2D eigenvalue weighted by Crippen LogP contribution is -2.25. The van der Waals surface area contributed by atoms with Crippen molar-refractivity contribution in [3.8, 4) is 10.6 Å². The molecule has 0 aliphatic carbocycles. The maximum atomic E-state index is 4.92. The lowest BCUT2D eigenvalue weighted by Gasteiger charge is -2.15. The van der Waals surface area contributed by atoms with Crippen LogP contribution in [0.1, 0.15) is 16.8 Å². The minimum atomic E-state index is 0.856. The molecule has 0 radical (unpaired) electrons. The molecule has 0 bridgehead atoms. The Labute approximate surface area is 128 Å². The van der Waals surface area contributed by atoms with Crippen molar-refractivity contribution in [3.63, 3.8) is 0 Å². The van der Waals surface area contributed by atoms with E-state index in [9.17, 15) is 0 Å². The molecule has 2 aromatic heterocycles. The topological polar surface area (TPSA) is 29.9 Å². The van der Waals surface area contributed by atoms with E-state index in [1.54, 1.807) is 11.3 Å². The van der Waals surface area contributed by atoms with E-state index in [1.165, 1.54) is 21.7 Å². The summed E-state index contributed by atoms with van der Waals surface area (Å²) in [7, 11) is 0. The Morgan fingerprint density at radius 1 is 1.14 bits per heavy atom. The molecule has 0 saturated carbocycles. The second-order valence-corrected chi connectivity index (χ2v) is 6.27. The Morgan fingerprint density at radius 3 is 2.86 bits per heavy atom. The fraction of sp³-hybridized carbons (Fsp3) is 0.235.